The van der Waals surface area contributed by atoms with Gasteiger partial charge in [-0.3, -0.25) is 9.52 Å². The highest BCUT2D eigenvalue weighted by Gasteiger charge is 2.22. The van der Waals surface area contributed by atoms with E-state index in [0.717, 1.165) is 11.3 Å². The van der Waals surface area contributed by atoms with Crippen LogP contribution < -0.4 is 19.5 Å². The van der Waals surface area contributed by atoms with E-state index in [9.17, 15) is 17.6 Å². The molecule has 1 heterocycles. The molecule has 10 heteroatoms. The van der Waals surface area contributed by atoms with Crippen molar-refractivity contribution in [3.05, 3.63) is 77.4 Å². The number of nitrogens with one attached hydrogen (secondary N) is 2. The van der Waals surface area contributed by atoms with Crippen molar-refractivity contribution in [3.63, 3.8) is 0 Å². The first-order chi connectivity index (χ1) is 15.8. The maximum absolute atomic E-state index is 14.0. The van der Waals surface area contributed by atoms with Gasteiger partial charge in [0.2, 0.25) is 0 Å². The van der Waals surface area contributed by atoms with E-state index in [0.29, 0.717) is 26.4 Å². The lowest BCUT2D eigenvalue weighted by Crippen LogP contribution is -2.15. The summed E-state index contributed by atoms with van der Waals surface area (Å²) in [7, 11) is -1.17. The molecule has 0 radical (unpaired) electrons. The van der Waals surface area contributed by atoms with Crippen LogP contribution in [0.3, 0.4) is 0 Å². The van der Waals surface area contributed by atoms with Gasteiger partial charge in [0.05, 0.1) is 19.1 Å². The largest absolute Gasteiger partial charge is 0.497 e. The number of thiophene rings is 1. The summed E-state index contributed by atoms with van der Waals surface area (Å²) in [5, 5.41) is 3.02. The zero-order valence-electron chi connectivity index (χ0n) is 17.6. The van der Waals surface area contributed by atoms with Gasteiger partial charge in [0.25, 0.3) is 15.9 Å². The molecule has 4 aromatic rings. The Hall–Kier alpha value is -3.63. The maximum atomic E-state index is 14.0. The Bertz CT molecular complexity index is 1430. The van der Waals surface area contributed by atoms with Crippen molar-refractivity contribution in [1.82, 2.24) is 0 Å². The number of carbonyl (C=O) groups excluding carboxylic acids is 1. The zero-order chi connectivity index (χ0) is 23.6. The minimum atomic E-state index is -4.04. The van der Waals surface area contributed by atoms with Gasteiger partial charge in [-0.2, -0.15) is 0 Å². The monoisotopic (exact) mass is 486 g/mol. The van der Waals surface area contributed by atoms with Gasteiger partial charge in [-0.25, -0.2) is 12.8 Å². The van der Waals surface area contributed by atoms with Crippen LogP contribution in [0.4, 0.5) is 15.8 Å². The molecule has 33 heavy (non-hydrogen) atoms. The number of hydrogen-bond donors (Lipinski definition) is 2. The Labute approximate surface area is 193 Å². The third-order valence-electron chi connectivity index (χ3n) is 4.79. The average Bonchev–Trinajstić information content (AvgIpc) is 3.25. The highest BCUT2D eigenvalue weighted by Crippen LogP contribution is 2.31. The highest BCUT2D eigenvalue weighted by atomic mass is 32.2. The van der Waals surface area contributed by atoms with Crippen LogP contribution in [0.1, 0.15) is 9.67 Å². The molecule has 1 amide bonds. The summed E-state index contributed by atoms with van der Waals surface area (Å²) in [6.45, 7) is 0. The third kappa shape index (κ3) is 4.76. The van der Waals surface area contributed by atoms with Crippen molar-refractivity contribution >= 4 is 48.7 Å². The normalized spacial score (nSPS) is 11.2. The minimum Gasteiger partial charge on any atom is -0.497 e. The molecule has 170 valence electrons. The van der Waals surface area contributed by atoms with Crippen LogP contribution in [0.5, 0.6) is 11.5 Å². The number of ether oxygens (including phenoxy) is 2. The second-order valence-corrected chi connectivity index (χ2v) is 9.65. The molecule has 0 bridgehead atoms. The fourth-order valence-corrected chi connectivity index (χ4v) is 5.39. The summed E-state index contributed by atoms with van der Waals surface area (Å²) >= 11 is 1.14. The summed E-state index contributed by atoms with van der Waals surface area (Å²) in [4.78, 5) is 12.9. The molecule has 1 aromatic heterocycles. The van der Waals surface area contributed by atoms with Crippen molar-refractivity contribution in [2.75, 3.05) is 24.3 Å². The third-order valence-corrected chi connectivity index (χ3v) is 7.29. The molecule has 4 rings (SSSR count). The van der Waals surface area contributed by atoms with E-state index in [-0.39, 0.29) is 16.3 Å². The van der Waals surface area contributed by atoms with Gasteiger partial charge in [0.1, 0.15) is 22.2 Å². The quantitative estimate of drug-likeness (QED) is 0.379. The number of benzene rings is 3. The molecule has 0 saturated carbocycles. The van der Waals surface area contributed by atoms with Gasteiger partial charge < -0.3 is 14.8 Å². The molecule has 3 aromatic carbocycles. The van der Waals surface area contributed by atoms with Gasteiger partial charge >= 0.3 is 0 Å². The van der Waals surface area contributed by atoms with Crippen LogP contribution in [-0.4, -0.2) is 28.5 Å². The van der Waals surface area contributed by atoms with E-state index < -0.39 is 21.7 Å². The van der Waals surface area contributed by atoms with Gasteiger partial charge in [0.15, 0.2) is 0 Å². The van der Waals surface area contributed by atoms with Crippen LogP contribution in [0.2, 0.25) is 0 Å². The average molecular weight is 487 g/mol. The van der Waals surface area contributed by atoms with Crippen LogP contribution in [-0.2, 0) is 10.0 Å². The second-order valence-electron chi connectivity index (χ2n) is 6.92. The van der Waals surface area contributed by atoms with Crippen molar-refractivity contribution in [1.29, 1.82) is 0 Å². The molecule has 0 unspecified atom stereocenters. The number of hydrogen-bond acceptors (Lipinski definition) is 6. The Morgan fingerprint density at radius 2 is 1.67 bits per heavy atom. The van der Waals surface area contributed by atoms with Gasteiger partial charge in [0, 0.05) is 21.5 Å². The van der Waals surface area contributed by atoms with E-state index >= 15 is 0 Å². The van der Waals surface area contributed by atoms with Crippen LogP contribution in [0.25, 0.3) is 10.1 Å². The summed E-state index contributed by atoms with van der Waals surface area (Å²) in [5.41, 5.74) is 0.577. The van der Waals surface area contributed by atoms with Crippen LogP contribution in [0, 0.1) is 5.82 Å². The Balaban J connectivity index is 1.61. The van der Waals surface area contributed by atoms with Crippen LogP contribution >= 0.6 is 11.3 Å². The van der Waals surface area contributed by atoms with E-state index in [4.69, 9.17) is 9.47 Å². The van der Waals surface area contributed by atoms with Crippen molar-refractivity contribution in [3.8, 4) is 11.5 Å². The topological polar surface area (TPSA) is 93.7 Å². The molecular formula is C23H19FN2O5S2. The molecule has 0 atom stereocenters. The number of rotatable bonds is 7. The Morgan fingerprint density at radius 3 is 2.33 bits per heavy atom. The summed E-state index contributed by atoms with van der Waals surface area (Å²) in [6, 6.07) is 16.7. The lowest BCUT2D eigenvalue weighted by atomic mass is 10.2. The van der Waals surface area contributed by atoms with Crippen molar-refractivity contribution in [2.24, 2.45) is 0 Å². The van der Waals surface area contributed by atoms with Crippen molar-refractivity contribution < 1.29 is 27.1 Å². The lowest BCUT2D eigenvalue weighted by molar-refractivity contribution is 0.103. The number of amides is 1. The fraction of sp³-hybridized carbons (Fsp3) is 0.0870. The number of halogens is 1. The highest BCUT2D eigenvalue weighted by molar-refractivity contribution is 7.92. The Kier molecular flexibility index (Phi) is 6.21. The molecular weight excluding hydrogens is 467 g/mol. The molecule has 0 spiro atoms. The standard InChI is InChI=1S/C23H19FN2O5S2/c1-30-16-9-6-14(7-10-16)26-33(28,29)22-12-15(8-11-19(22)31-2)25-23(27)21-13-17-18(24)4-3-5-20(17)32-21/h3-13,26H,1-2H3,(H,25,27). The van der Waals surface area contributed by atoms with Gasteiger partial charge in [-0.05, 0) is 60.7 Å². The number of methoxy groups -OCH3 is 2. The van der Waals surface area contributed by atoms with E-state index in [1.54, 1.807) is 36.4 Å². The molecule has 0 aliphatic carbocycles. The number of sulfonamides is 1. The molecule has 2 N–H and O–H groups in total. The first kappa shape index (κ1) is 22.6. The number of carbonyl (C=O) groups is 1. The van der Waals surface area contributed by atoms with E-state index in [1.165, 1.54) is 44.6 Å². The van der Waals surface area contributed by atoms with Crippen LogP contribution in [0.15, 0.2) is 71.6 Å². The first-order valence-corrected chi connectivity index (χ1v) is 11.9. The van der Waals surface area contributed by atoms with E-state index in [2.05, 4.69) is 10.0 Å². The smallest absolute Gasteiger partial charge is 0.265 e. The molecule has 7 nitrogen and oxygen atoms in total. The first-order valence-electron chi connectivity index (χ1n) is 9.65. The SMILES string of the molecule is COc1ccc(NS(=O)(=O)c2cc(NC(=O)c3cc4c(F)cccc4s3)ccc2OC)cc1. The Morgan fingerprint density at radius 1 is 0.939 bits per heavy atom. The predicted octanol–water partition coefficient (Wildman–Crippen LogP) is 5.11. The molecule has 0 fully saturated rings. The minimum absolute atomic E-state index is 0.109. The number of fused-ring (bicyclic) bond motifs is 1. The lowest BCUT2D eigenvalue weighted by Gasteiger charge is -2.14. The molecule has 0 aliphatic heterocycles. The van der Waals surface area contributed by atoms with Gasteiger partial charge in [-0.1, -0.05) is 6.07 Å². The summed E-state index contributed by atoms with van der Waals surface area (Å²) < 4.78 is 53.4. The fourth-order valence-electron chi connectivity index (χ4n) is 3.16. The summed E-state index contributed by atoms with van der Waals surface area (Å²) in [5.74, 6) is -0.197. The summed E-state index contributed by atoms with van der Waals surface area (Å²) in [6.07, 6.45) is 0. The van der Waals surface area contributed by atoms with Gasteiger partial charge in [-0.15, -0.1) is 11.3 Å². The zero-order valence-corrected chi connectivity index (χ0v) is 19.2. The van der Waals surface area contributed by atoms with E-state index in [1.807, 2.05) is 0 Å². The predicted molar refractivity (Wildman–Crippen MR) is 127 cm³/mol. The number of anilines is 2. The van der Waals surface area contributed by atoms with Crippen molar-refractivity contribution in [2.45, 2.75) is 4.90 Å². The molecule has 0 aliphatic rings. The second kappa shape index (κ2) is 9.08. The molecule has 0 saturated heterocycles. The maximum Gasteiger partial charge on any atom is 0.265 e.